The fraction of sp³-hybridized carbons (Fsp3) is 0.120. The number of carboxylic acids is 3. The van der Waals surface area contributed by atoms with Crippen molar-refractivity contribution < 1.29 is 53.4 Å². The summed E-state index contributed by atoms with van der Waals surface area (Å²) >= 11 is 1.74. The Kier molecular flexibility index (Phi) is 21.4. The number of carboxylic acid groups (broad SMARTS) is 3. The number of aromatic nitrogens is 3. The standard InChI is InChI=1S/C26H23NO4.C25H21NO4.C24H19NO3S/c1-18(26(28)29)21-8-4-6-19(14-21)16-30-23-9-5-10-24(15-23)31-17-22-13-12-20-7-2-3-11-25(20)27-22;27-25(28)14-18-5-3-6-19(13-18)16-29-22-8-4-9-23(15-22)30-17-21-12-11-20-7-1-2-10-24(20)26-21;26-24(27)19-7-5-17(6-8-19)15-28-21-11-13-22(14-12-21)29-16-20-10-9-18-3-1-2-4-23(18)25-20/h2-15,18H,16-17H2,1H3,(H,28,29);1-13,15H,14,16-17H2,(H,27,28);1-14H,15-16H2,(H,26,27). The number of rotatable bonds is 23. The molecule has 0 bridgehead atoms. The summed E-state index contributed by atoms with van der Waals surface area (Å²) in [5.74, 6) is 1.17. The summed E-state index contributed by atoms with van der Waals surface area (Å²) < 4.78 is 29.3. The predicted octanol–water partition coefficient (Wildman–Crippen LogP) is 16.4. The Morgan fingerprint density at radius 2 is 0.822 bits per heavy atom. The first kappa shape index (κ1) is 62.0. The van der Waals surface area contributed by atoms with Gasteiger partial charge in [-0.25, -0.2) is 14.8 Å². The summed E-state index contributed by atoms with van der Waals surface area (Å²) in [6, 6.07) is 80.7. The summed E-state index contributed by atoms with van der Waals surface area (Å²) in [7, 11) is 0. The Morgan fingerprint density at radius 1 is 0.389 bits per heavy atom. The third-order valence-electron chi connectivity index (χ3n) is 14.1. The maximum Gasteiger partial charge on any atom is 0.335 e. The first-order chi connectivity index (χ1) is 43.9. The molecule has 0 amide bonds. The van der Waals surface area contributed by atoms with Crippen LogP contribution in [0.4, 0.5) is 0 Å². The topological polar surface area (TPSA) is 197 Å². The molecule has 0 aliphatic carbocycles. The molecule has 0 aliphatic heterocycles. The second-order valence-electron chi connectivity index (χ2n) is 20.8. The zero-order valence-corrected chi connectivity index (χ0v) is 49.9. The molecule has 3 N–H and O–H groups in total. The van der Waals surface area contributed by atoms with E-state index in [4.69, 9.17) is 38.9 Å². The van der Waals surface area contributed by atoms with Gasteiger partial charge in [0, 0.05) is 38.9 Å². The minimum atomic E-state index is -0.926. The fourth-order valence-electron chi connectivity index (χ4n) is 9.32. The van der Waals surface area contributed by atoms with E-state index in [1.54, 1.807) is 49.0 Å². The van der Waals surface area contributed by atoms with Crippen molar-refractivity contribution in [3.8, 4) is 28.7 Å². The van der Waals surface area contributed by atoms with Crippen molar-refractivity contribution in [3.63, 3.8) is 0 Å². The molecule has 90 heavy (non-hydrogen) atoms. The van der Waals surface area contributed by atoms with E-state index in [0.717, 1.165) is 94.0 Å². The molecule has 0 fully saturated rings. The summed E-state index contributed by atoms with van der Waals surface area (Å²) in [5.41, 5.74) is 10.2. The molecule has 12 rings (SSSR count). The molecule has 0 saturated heterocycles. The van der Waals surface area contributed by atoms with E-state index in [-0.39, 0.29) is 12.0 Å². The van der Waals surface area contributed by atoms with Gasteiger partial charge in [-0.15, -0.1) is 11.8 Å². The van der Waals surface area contributed by atoms with Crippen molar-refractivity contribution >= 4 is 62.4 Å². The van der Waals surface area contributed by atoms with Crippen molar-refractivity contribution in [2.24, 2.45) is 0 Å². The molecule has 0 radical (unpaired) electrons. The van der Waals surface area contributed by atoms with Crippen molar-refractivity contribution in [1.82, 2.24) is 15.0 Å². The summed E-state index contributed by atoms with van der Waals surface area (Å²) in [5, 5.41) is 30.4. The Labute approximate surface area is 525 Å². The Hall–Kier alpha value is -11.0. The Balaban J connectivity index is 0.000000149. The number of aromatic carboxylic acids is 1. The minimum Gasteiger partial charge on any atom is -0.489 e. The maximum absolute atomic E-state index is 11.2. The van der Waals surface area contributed by atoms with E-state index in [2.05, 4.69) is 28.2 Å². The van der Waals surface area contributed by atoms with Gasteiger partial charge >= 0.3 is 17.9 Å². The highest BCUT2D eigenvalue weighted by Crippen LogP contribution is 2.28. The highest BCUT2D eigenvalue weighted by Gasteiger charge is 2.14. The molecule has 0 saturated carbocycles. The van der Waals surface area contributed by atoms with Crippen molar-refractivity contribution in [2.75, 3.05) is 0 Å². The smallest absolute Gasteiger partial charge is 0.335 e. The van der Waals surface area contributed by atoms with Crippen LogP contribution in [-0.4, -0.2) is 48.2 Å². The maximum atomic E-state index is 11.2. The van der Waals surface area contributed by atoms with E-state index < -0.39 is 23.8 Å². The summed E-state index contributed by atoms with van der Waals surface area (Å²) in [4.78, 5) is 48.1. The molecule has 0 spiro atoms. The van der Waals surface area contributed by atoms with Crippen LogP contribution in [0.15, 0.2) is 260 Å². The minimum absolute atomic E-state index is 0.0000270. The van der Waals surface area contributed by atoms with Crippen LogP contribution in [-0.2, 0) is 54.8 Å². The number of para-hydroxylation sites is 3. The zero-order chi connectivity index (χ0) is 62.4. The molecule has 14 nitrogen and oxygen atoms in total. The molecule has 1 atom stereocenters. The molecule has 3 aromatic heterocycles. The van der Waals surface area contributed by atoms with Gasteiger partial charge < -0.3 is 39.0 Å². The van der Waals surface area contributed by atoms with Gasteiger partial charge in [0.05, 0.1) is 51.5 Å². The van der Waals surface area contributed by atoms with Crippen LogP contribution in [0.5, 0.6) is 28.7 Å². The largest absolute Gasteiger partial charge is 0.489 e. The van der Waals surface area contributed by atoms with Crippen LogP contribution in [0.25, 0.3) is 32.7 Å². The first-order valence-electron chi connectivity index (χ1n) is 29.0. The third kappa shape index (κ3) is 18.5. The molecule has 3 heterocycles. The van der Waals surface area contributed by atoms with Gasteiger partial charge in [0.25, 0.3) is 0 Å². The Morgan fingerprint density at radius 3 is 1.33 bits per heavy atom. The van der Waals surface area contributed by atoms with E-state index in [1.807, 2.05) is 206 Å². The van der Waals surface area contributed by atoms with Gasteiger partial charge in [0.2, 0.25) is 0 Å². The van der Waals surface area contributed by atoms with Crippen LogP contribution in [0, 0.1) is 0 Å². The van der Waals surface area contributed by atoms with Crippen LogP contribution < -0.4 is 23.7 Å². The van der Waals surface area contributed by atoms with Crippen molar-refractivity contribution in [1.29, 1.82) is 0 Å². The lowest BCUT2D eigenvalue weighted by Crippen LogP contribution is -2.08. The lowest BCUT2D eigenvalue weighted by atomic mass is 9.99. The van der Waals surface area contributed by atoms with Gasteiger partial charge in [-0.1, -0.05) is 146 Å². The van der Waals surface area contributed by atoms with E-state index in [0.29, 0.717) is 56.0 Å². The summed E-state index contributed by atoms with van der Waals surface area (Å²) in [6.45, 7) is 3.49. The average Bonchev–Trinajstić information content (AvgIpc) is 3.17. The third-order valence-corrected chi connectivity index (χ3v) is 15.2. The first-order valence-corrected chi connectivity index (χ1v) is 29.9. The molecule has 9 aromatic carbocycles. The lowest BCUT2D eigenvalue weighted by Gasteiger charge is -2.11. The van der Waals surface area contributed by atoms with Gasteiger partial charge in [-0.3, -0.25) is 14.6 Å². The Bertz CT molecular complexity index is 4390. The van der Waals surface area contributed by atoms with Crippen LogP contribution in [0.1, 0.15) is 68.1 Å². The molecule has 1 unspecified atom stereocenters. The second-order valence-corrected chi connectivity index (χ2v) is 21.9. The highest BCUT2D eigenvalue weighted by atomic mass is 32.2. The molecule has 15 heteroatoms. The highest BCUT2D eigenvalue weighted by molar-refractivity contribution is 7.98. The number of aliphatic carboxylic acids is 2. The second kappa shape index (κ2) is 31.1. The number of ether oxygens (including phenoxy) is 5. The molecule has 12 aromatic rings. The number of fused-ring (bicyclic) bond motifs is 3. The normalized spacial score (nSPS) is 11.1. The molecular weight excluding hydrogens is 1150 g/mol. The number of nitrogens with zero attached hydrogens (tertiary/aromatic N) is 3. The van der Waals surface area contributed by atoms with Crippen LogP contribution >= 0.6 is 11.8 Å². The van der Waals surface area contributed by atoms with Gasteiger partial charge in [0.1, 0.15) is 61.8 Å². The number of hydrogen-bond acceptors (Lipinski definition) is 12. The van der Waals surface area contributed by atoms with E-state index >= 15 is 0 Å². The number of carbonyl (C=O) groups is 3. The van der Waals surface area contributed by atoms with Gasteiger partial charge in [-0.2, -0.15) is 0 Å². The van der Waals surface area contributed by atoms with Gasteiger partial charge in [-0.05, 0) is 132 Å². The van der Waals surface area contributed by atoms with Gasteiger partial charge in [0.15, 0.2) is 0 Å². The van der Waals surface area contributed by atoms with Crippen LogP contribution in [0.2, 0.25) is 0 Å². The molecular formula is C75H63N3O11S. The number of benzene rings is 9. The van der Waals surface area contributed by atoms with Crippen molar-refractivity contribution in [3.05, 3.63) is 305 Å². The molecule has 450 valence electrons. The quantitative estimate of drug-likeness (QED) is 0.0511. The number of hydrogen-bond donors (Lipinski definition) is 3. The van der Waals surface area contributed by atoms with E-state index in [1.165, 1.54) is 0 Å². The number of pyridine rings is 3. The fourth-order valence-corrected chi connectivity index (χ4v) is 10.1. The average molecular weight is 1210 g/mol. The monoisotopic (exact) mass is 1210 g/mol. The summed E-state index contributed by atoms with van der Waals surface area (Å²) in [6.07, 6.45) is -0.0000270. The lowest BCUT2D eigenvalue weighted by molar-refractivity contribution is -0.138. The predicted molar refractivity (Wildman–Crippen MR) is 349 cm³/mol. The zero-order valence-electron chi connectivity index (χ0n) is 49.1. The number of thioether (sulfide) groups is 1. The van der Waals surface area contributed by atoms with Crippen LogP contribution in [0.3, 0.4) is 0 Å². The molecule has 0 aliphatic rings. The SMILES string of the molecule is CC(C(=O)O)c1cccc(COc2cccc(OCc3ccc4ccccc4n3)c2)c1.O=C(O)Cc1cccc(COc2cccc(OCc3ccc4ccccc4n3)c2)c1.O=C(O)c1ccc(COc2ccc(SCc3ccc4ccccc4n3)cc2)cc1. The van der Waals surface area contributed by atoms with E-state index in [9.17, 15) is 19.5 Å². The van der Waals surface area contributed by atoms with Crippen molar-refractivity contribution in [2.45, 2.75) is 62.9 Å².